The molecule has 1 atom stereocenters. The monoisotopic (exact) mass is 471 g/mol. The van der Waals surface area contributed by atoms with Crippen molar-refractivity contribution in [3.05, 3.63) is 89.0 Å². The number of rotatable bonds is 4. The molecule has 0 radical (unpaired) electrons. The molecule has 0 saturated carbocycles. The van der Waals surface area contributed by atoms with E-state index in [1.165, 1.54) is 17.0 Å². The molecule has 2 aliphatic heterocycles. The van der Waals surface area contributed by atoms with Crippen LogP contribution in [0, 0.1) is 0 Å². The van der Waals surface area contributed by atoms with Crippen LogP contribution in [0.1, 0.15) is 42.5 Å². The maximum Gasteiger partial charge on any atom is 0.300 e. The van der Waals surface area contributed by atoms with Crippen LogP contribution in [0.15, 0.2) is 72.3 Å². The van der Waals surface area contributed by atoms with Crippen LogP contribution >= 0.6 is 0 Å². The minimum absolute atomic E-state index is 0.0368. The number of aliphatic hydroxyl groups excluding tert-OH is 1. The number of aliphatic hydroxyl groups is 1. The summed E-state index contributed by atoms with van der Waals surface area (Å²) in [7, 11) is 0. The summed E-state index contributed by atoms with van der Waals surface area (Å²) in [5, 5.41) is 21.1. The van der Waals surface area contributed by atoms with Gasteiger partial charge in [0.25, 0.3) is 11.7 Å². The first-order valence-electron chi connectivity index (χ1n) is 11.4. The van der Waals surface area contributed by atoms with Crippen molar-refractivity contribution in [3.8, 4) is 17.2 Å². The van der Waals surface area contributed by atoms with Gasteiger partial charge >= 0.3 is 0 Å². The van der Waals surface area contributed by atoms with Crippen LogP contribution < -0.4 is 14.4 Å². The quantitative estimate of drug-likeness (QED) is 0.319. The number of benzene rings is 3. The number of phenolic OH excluding ortho intramolecular Hbond substituents is 1. The molecule has 35 heavy (non-hydrogen) atoms. The number of hydrogen-bond acceptors (Lipinski definition) is 6. The zero-order chi connectivity index (χ0) is 24.7. The first kappa shape index (κ1) is 22.5. The lowest BCUT2D eigenvalue weighted by Gasteiger charge is -2.26. The Morgan fingerprint density at radius 3 is 2.23 bits per heavy atom. The van der Waals surface area contributed by atoms with Gasteiger partial charge in [0.2, 0.25) is 0 Å². The number of phenols is 1. The number of aromatic hydroxyl groups is 1. The van der Waals surface area contributed by atoms with Gasteiger partial charge in [0.05, 0.1) is 11.6 Å². The Balaban J connectivity index is 1.66. The first-order chi connectivity index (χ1) is 16.8. The Hall–Kier alpha value is -4.26. The van der Waals surface area contributed by atoms with Crippen LogP contribution in [0.5, 0.6) is 17.2 Å². The molecule has 5 rings (SSSR count). The van der Waals surface area contributed by atoms with Crippen molar-refractivity contribution >= 4 is 23.1 Å². The van der Waals surface area contributed by atoms with E-state index in [-0.39, 0.29) is 17.1 Å². The molecule has 1 saturated heterocycles. The summed E-state index contributed by atoms with van der Waals surface area (Å²) in [6, 6.07) is 17.7. The summed E-state index contributed by atoms with van der Waals surface area (Å²) >= 11 is 0. The number of amides is 1. The van der Waals surface area contributed by atoms with E-state index in [1.807, 2.05) is 12.1 Å². The Bertz CT molecular complexity index is 1320. The summed E-state index contributed by atoms with van der Waals surface area (Å²) in [5.41, 5.74) is 2.52. The third-order valence-corrected chi connectivity index (χ3v) is 6.31. The average molecular weight is 472 g/mol. The van der Waals surface area contributed by atoms with Gasteiger partial charge in [0, 0.05) is 11.3 Å². The van der Waals surface area contributed by atoms with Gasteiger partial charge in [0.1, 0.15) is 24.7 Å². The number of ketones is 1. The minimum atomic E-state index is -0.881. The molecular formula is C28H25NO6. The van der Waals surface area contributed by atoms with E-state index in [0.717, 1.165) is 5.56 Å². The highest BCUT2D eigenvalue weighted by Crippen LogP contribution is 2.43. The molecule has 0 aliphatic carbocycles. The minimum Gasteiger partial charge on any atom is -0.508 e. The molecule has 0 bridgehead atoms. The van der Waals surface area contributed by atoms with E-state index in [0.29, 0.717) is 47.4 Å². The van der Waals surface area contributed by atoms with Gasteiger partial charge < -0.3 is 19.7 Å². The molecule has 7 heteroatoms. The molecule has 2 aliphatic rings. The Morgan fingerprint density at radius 2 is 1.57 bits per heavy atom. The summed E-state index contributed by atoms with van der Waals surface area (Å²) in [5.74, 6) is -0.461. The summed E-state index contributed by atoms with van der Waals surface area (Å²) in [6.07, 6.45) is 0. The number of anilines is 1. The summed E-state index contributed by atoms with van der Waals surface area (Å²) in [6.45, 7) is 4.96. The number of carbonyl (C=O) groups excluding carboxylic acids is 2. The topological polar surface area (TPSA) is 96.3 Å². The first-order valence-corrected chi connectivity index (χ1v) is 11.4. The second-order valence-corrected chi connectivity index (χ2v) is 8.87. The van der Waals surface area contributed by atoms with E-state index >= 15 is 0 Å². The van der Waals surface area contributed by atoms with Gasteiger partial charge in [-0.15, -0.1) is 0 Å². The van der Waals surface area contributed by atoms with Gasteiger partial charge in [-0.25, -0.2) is 0 Å². The Labute approximate surface area is 202 Å². The molecule has 1 fully saturated rings. The van der Waals surface area contributed by atoms with E-state index in [1.54, 1.807) is 42.5 Å². The van der Waals surface area contributed by atoms with Crippen molar-refractivity contribution in [2.45, 2.75) is 25.8 Å². The van der Waals surface area contributed by atoms with Gasteiger partial charge in [-0.05, 0) is 59.5 Å². The van der Waals surface area contributed by atoms with Crippen LogP contribution in [0.4, 0.5) is 5.69 Å². The van der Waals surface area contributed by atoms with Crippen LogP contribution in [-0.2, 0) is 9.59 Å². The van der Waals surface area contributed by atoms with Crippen molar-refractivity contribution < 1.29 is 29.3 Å². The van der Waals surface area contributed by atoms with E-state index in [9.17, 15) is 19.8 Å². The zero-order valence-corrected chi connectivity index (χ0v) is 19.4. The molecule has 1 amide bonds. The molecule has 0 aromatic heterocycles. The Morgan fingerprint density at radius 1 is 0.914 bits per heavy atom. The normalized spacial score (nSPS) is 18.8. The van der Waals surface area contributed by atoms with E-state index in [2.05, 4.69) is 13.8 Å². The largest absolute Gasteiger partial charge is 0.508 e. The zero-order valence-electron chi connectivity index (χ0n) is 19.4. The molecule has 178 valence electrons. The van der Waals surface area contributed by atoms with Crippen LogP contribution in [0.3, 0.4) is 0 Å². The third kappa shape index (κ3) is 3.99. The predicted molar refractivity (Wildman–Crippen MR) is 131 cm³/mol. The van der Waals surface area contributed by atoms with Crippen molar-refractivity contribution in [3.63, 3.8) is 0 Å². The fourth-order valence-corrected chi connectivity index (χ4v) is 4.44. The standard InChI is InChI=1S/C28H25NO6/c1-16(2)17-3-8-20(9-4-17)29-25(18-5-10-21(30)11-6-18)24(27(32)28(29)33)26(31)19-7-12-22-23(15-19)35-14-13-34-22/h3-12,15-16,25,30-31H,13-14H2,1-2H3/b26-24-. The molecule has 2 N–H and O–H groups in total. The number of carbonyl (C=O) groups is 2. The van der Waals surface area contributed by atoms with Gasteiger partial charge in [-0.2, -0.15) is 0 Å². The third-order valence-electron chi connectivity index (χ3n) is 6.31. The fraction of sp³-hybridized carbons (Fsp3) is 0.214. The van der Waals surface area contributed by atoms with Crippen molar-refractivity contribution in [1.29, 1.82) is 0 Å². The lowest BCUT2D eigenvalue weighted by molar-refractivity contribution is -0.132. The van der Waals surface area contributed by atoms with Crippen LogP contribution in [0.2, 0.25) is 0 Å². The highest BCUT2D eigenvalue weighted by atomic mass is 16.6. The molecular weight excluding hydrogens is 446 g/mol. The fourth-order valence-electron chi connectivity index (χ4n) is 4.44. The summed E-state index contributed by atoms with van der Waals surface area (Å²) < 4.78 is 11.2. The van der Waals surface area contributed by atoms with Gasteiger partial charge in [0.15, 0.2) is 11.5 Å². The van der Waals surface area contributed by atoms with Crippen molar-refractivity contribution in [2.75, 3.05) is 18.1 Å². The predicted octanol–water partition coefficient (Wildman–Crippen LogP) is 4.91. The smallest absolute Gasteiger partial charge is 0.300 e. The SMILES string of the molecule is CC(C)c1ccc(N2C(=O)C(=O)/C(=C(\O)c3ccc4c(c3)OCCO4)C2c2ccc(O)cc2)cc1. The number of nitrogens with zero attached hydrogens (tertiary/aromatic N) is 1. The van der Waals surface area contributed by atoms with E-state index < -0.39 is 17.7 Å². The van der Waals surface area contributed by atoms with Gasteiger partial charge in [-0.3, -0.25) is 14.5 Å². The Kier molecular flexibility index (Phi) is 5.68. The maximum absolute atomic E-state index is 13.3. The highest BCUT2D eigenvalue weighted by molar-refractivity contribution is 6.51. The maximum atomic E-state index is 13.3. The second kappa shape index (κ2) is 8.83. The second-order valence-electron chi connectivity index (χ2n) is 8.87. The molecule has 0 spiro atoms. The lowest BCUT2D eigenvalue weighted by atomic mass is 9.94. The van der Waals surface area contributed by atoms with Crippen LogP contribution in [-0.4, -0.2) is 35.1 Å². The molecule has 7 nitrogen and oxygen atoms in total. The number of Topliss-reactive ketones (excluding diaryl/α,β-unsaturated/α-hetero) is 1. The summed E-state index contributed by atoms with van der Waals surface area (Å²) in [4.78, 5) is 28.0. The lowest BCUT2D eigenvalue weighted by Crippen LogP contribution is -2.29. The molecule has 3 aromatic rings. The molecule has 1 unspecified atom stereocenters. The van der Waals surface area contributed by atoms with Crippen molar-refractivity contribution in [1.82, 2.24) is 0 Å². The van der Waals surface area contributed by atoms with E-state index in [4.69, 9.17) is 9.47 Å². The molecule has 3 aromatic carbocycles. The number of ether oxygens (including phenoxy) is 2. The van der Waals surface area contributed by atoms with Crippen LogP contribution in [0.25, 0.3) is 5.76 Å². The number of fused-ring (bicyclic) bond motifs is 1. The highest BCUT2D eigenvalue weighted by Gasteiger charge is 2.47. The average Bonchev–Trinajstić information content (AvgIpc) is 3.14. The van der Waals surface area contributed by atoms with Crippen molar-refractivity contribution in [2.24, 2.45) is 0 Å². The van der Waals surface area contributed by atoms with Gasteiger partial charge in [-0.1, -0.05) is 38.1 Å². The number of hydrogen-bond donors (Lipinski definition) is 2. The molecule has 2 heterocycles.